The van der Waals surface area contributed by atoms with Gasteiger partial charge in [-0.1, -0.05) is 0 Å². The van der Waals surface area contributed by atoms with Crippen LogP contribution in [0.4, 0.5) is 0 Å². The molecule has 0 saturated carbocycles. The van der Waals surface area contributed by atoms with Gasteiger partial charge in [0.1, 0.15) is 17.3 Å². The number of aliphatic hydroxyl groups excluding tert-OH is 1. The monoisotopic (exact) mass is 262 g/mol. The van der Waals surface area contributed by atoms with Gasteiger partial charge in [0.25, 0.3) is 0 Å². The average molecular weight is 262 g/mol. The van der Waals surface area contributed by atoms with Crippen molar-refractivity contribution in [1.29, 1.82) is 0 Å². The van der Waals surface area contributed by atoms with Gasteiger partial charge >= 0.3 is 0 Å². The molecular weight excluding hydrogens is 244 g/mol. The molecule has 0 aliphatic carbocycles. The molecule has 0 aliphatic rings. The lowest BCUT2D eigenvalue weighted by Gasteiger charge is -2.11. The number of aliphatic hydroxyl groups is 1. The van der Waals surface area contributed by atoms with E-state index in [9.17, 15) is 0 Å². The lowest BCUT2D eigenvalue weighted by molar-refractivity contribution is 0.297. The van der Waals surface area contributed by atoms with E-state index < -0.39 is 0 Å². The summed E-state index contributed by atoms with van der Waals surface area (Å²) in [5, 5.41) is 8.91. The van der Waals surface area contributed by atoms with Crippen molar-refractivity contribution in [3.63, 3.8) is 0 Å². The van der Waals surface area contributed by atoms with Crippen molar-refractivity contribution in [2.75, 3.05) is 20.8 Å². The van der Waals surface area contributed by atoms with Gasteiger partial charge in [-0.05, 0) is 24.6 Å². The zero-order valence-electron chi connectivity index (χ0n) is 11.4. The minimum Gasteiger partial charge on any atom is -0.496 e. The van der Waals surface area contributed by atoms with Gasteiger partial charge in [-0.3, -0.25) is 0 Å². The molecule has 0 aliphatic heterocycles. The van der Waals surface area contributed by atoms with Crippen LogP contribution in [-0.2, 0) is 6.42 Å². The molecule has 0 atom stereocenters. The number of ether oxygens (including phenoxy) is 2. The first-order valence-corrected chi connectivity index (χ1v) is 6.07. The maximum Gasteiger partial charge on any atom is 0.128 e. The number of nitrogens with one attached hydrogen (secondary N) is 1. The standard InChI is InChI=1S/C14H18N2O3/c1-9-6-13(19-3)10(7-12(9)18-2)11-8-15-14(16-11)4-5-17/h6-8,17H,4-5H2,1-3H3,(H,15,16). The molecule has 0 unspecified atom stereocenters. The van der Waals surface area contributed by atoms with Crippen LogP contribution in [0.25, 0.3) is 11.3 Å². The van der Waals surface area contributed by atoms with Crippen molar-refractivity contribution in [2.24, 2.45) is 0 Å². The highest BCUT2D eigenvalue weighted by Gasteiger charge is 2.12. The van der Waals surface area contributed by atoms with Crippen LogP contribution in [0.15, 0.2) is 18.3 Å². The Kier molecular flexibility index (Phi) is 4.06. The smallest absolute Gasteiger partial charge is 0.128 e. The van der Waals surface area contributed by atoms with Gasteiger partial charge < -0.3 is 19.6 Å². The molecule has 0 bridgehead atoms. The molecule has 1 aromatic carbocycles. The fourth-order valence-electron chi connectivity index (χ4n) is 1.99. The SMILES string of the molecule is COc1cc(-c2cnc(CCO)[nH]2)c(OC)cc1C. The van der Waals surface area contributed by atoms with Gasteiger partial charge in [0.15, 0.2) is 0 Å². The Hall–Kier alpha value is -2.01. The molecule has 0 fully saturated rings. The number of hydrogen-bond donors (Lipinski definition) is 2. The van der Waals surface area contributed by atoms with Gasteiger partial charge in [-0.15, -0.1) is 0 Å². The highest BCUT2D eigenvalue weighted by molar-refractivity contribution is 5.70. The Morgan fingerprint density at radius 3 is 2.58 bits per heavy atom. The van der Waals surface area contributed by atoms with Crippen molar-refractivity contribution in [3.05, 3.63) is 29.7 Å². The van der Waals surface area contributed by atoms with Gasteiger partial charge in [0, 0.05) is 12.0 Å². The van der Waals surface area contributed by atoms with Crippen LogP contribution in [0, 0.1) is 6.92 Å². The topological polar surface area (TPSA) is 67.4 Å². The molecule has 0 saturated heterocycles. The van der Waals surface area contributed by atoms with E-state index in [0.717, 1.165) is 34.1 Å². The first-order valence-electron chi connectivity index (χ1n) is 6.07. The molecule has 1 heterocycles. The molecular formula is C14H18N2O3. The van der Waals surface area contributed by atoms with Crippen LogP contribution >= 0.6 is 0 Å². The van der Waals surface area contributed by atoms with Crippen molar-refractivity contribution < 1.29 is 14.6 Å². The Labute approximate surface area is 112 Å². The van der Waals surface area contributed by atoms with Gasteiger partial charge in [-0.2, -0.15) is 0 Å². The van der Waals surface area contributed by atoms with E-state index in [2.05, 4.69) is 9.97 Å². The number of hydrogen-bond acceptors (Lipinski definition) is 4. The third-order valence-corrected chi connectivity index (χ3v) is 2.98. The average Bonchev–Trinajstić information content (AvgIpc) is 2.87. The molecule has 0 amide bonds. The summed E-state index contributed by atoms with van der Waals surface area (Å²) in [6.07, 6.45) is 2.24. The molecule has 5 nitrogen and oxygen atoms in total. The van der Waals surface area contributed by atoms with Crippen molar-refractivity contribution in [3.8, 4) is 22.8 Å². The molecule has 102 valence electrons. The van der Waals surface area contributed by atoms with Crippen molar-refractivity contribution >= 4 is 0 Å². The summed E-state index contributed by atoms with van der Waals surface area (Å²) in [6.45, 7) is 2.04. The fraction of sp³-hybridized carbons (Fsp3) is 0.357. The minimum absolute atomic E-state index is 0.0707. The number of imidazole rings is 1. The number of benzene rings is 1. The number of nitrogens with zero attached hydrogens (tertiary/aromatic N) is 1. The van der Waals surface area contributed by atoms with Gasteiger partial charge in [0.05, 0.1) is 32.7 Å². The van der Waals surface area contributed by atoms with Crippen LogP contribution in [-0.4, -0.2) is 35.9 Å². The van der Waals surface area contributed by atoms with Gasteiger partial charge in [0.2, 0.25) is 0 Å². The molecule has 0 radical (unpaired) electrons. The van der Waals surface area contributed by atoms with Crippen LogP contribution < -0.4 is 9.47 Å². The number of rotatable bonds is 5. The normalized spacial score (nSPS) is 10.5. The van der Waals surface area contributed by atoms with Crippen LogP contribution in [0.5, 0.6) is 11.5 Å². The number of H-pyrrole nitrogens is 1. The van der Waals surface area contributed by atoms with E-state index in [1.54, 1.807) is 20.4 Å². The minimum atomic E-state index is 0.0707. The third kappa shape index (κ3) is 2.71. The number of methoxy groups -OCH3 is 2. The Balaban J connectivity index is 2.46. The van der Waals surface area contributed by atoms with E-state index in [1.807, 2.05) is 19.1 Å². The highest BCUT2D eigenvalue weighted by atomic mass is 16.5. The molecule has 0 spiro atoms. The second-order valence-electron chi connectivity index (χ2n) is 4.24. The maximum atomic E-state index is 8.91. The van der Waals surface area contributed by atoms with Crippen LogP contribution in [0.2, 0.25) is 0 Å². The van der Waals surface area contributed by atoms with Crippen molar-refractivity contribution in [2.45, 2.75) is 13.3 Å². The zero-order chi connectivity index (χ0) is 13.8. The Morgan fingerprint density at radius 1 is 1.21 bits per heavy atom. The number of aromatic amines is 1. The fourth-order valence-corrected chi connectivity index (χ4v) is 1.99. The maximum absolute atomic E-state index is 8.91. The molecule has 19 heavy (non-hydrogen) atoms. The second-order valence-corrected chi connectivity index (χ2v) is 4.24. The molecule has 2 N–H and O–H groups in total. The highest BCUT2D eigenvalue weighted by Crippen LogP contribution is 2.34. The first kappa shape index (κ1) is 13.4. The predicted octanol–water partition coefficient (Wildman–Crippen LogP) is 1.94. The summed E-state index contributed by atoms with van der Waals surface area (Å²) in [6, 6.07) is 3.85. The molecule has 2 rings (SSSR count). The predicted molar refractivity (Wildman–Crippen MR) is 72.7 cm³/mol. The number of aryl methyl sites for hydroxylation is 1. The largest absolute Gasteiger partial charge is 0.496 e. The van der Waals surface area contributed by atoms with E-state index in [-0.39, 0.29) is 6.61 Å². The quantitative estimate of drug-likeness (QED) is 0.864. The lowest BCUT2D eigenvalue weighted by atomic mass is 10.1. The lowest BCUT2D eigenvalue weighted by Crippen LogP contribution is -1.95. The summed E-state index contributed by atoms with van der Waals surface area (Å²) in [5.41, 5.74) is 2.75. The molecule has 2 aromatic rings. The number of aromatic nitrogens is 2. The summed E-state index contributed by atoms with van der Waals surface area (Å²) in [5.74, 6) is 2.31. The summed E-state index contributed by atoms with van der Waals surface area (Å²) in [7, 11) is 3.28. The Bertz CT molecular complexity index is 564. The van der Waals surface area contributed by atoms with Crippen molar-refractivity contribution in [1.82, 2.24) is 9.97 Å². The van der Waals surface area contributed by atoms with E-state index in [1.165, 1.54) is 0 Å². The third-order valence-electron chi connectivity index (χ3n) is 2.98. The first-order chi connectivity index (χ1) is 9.19. The van der Waals surface area contributed by atoms with Crippen LogP contribution in [0.3, 0.4) is 0 Å². The summed E-state index contributed by atoms with van der Waals surface area (Å²) >= 11 is 0. The molecule has 5 heteroatoms. The Morgan fingerprint density at radius 2 is 1.95 bits per heavy atom. The van der Waals surface area contributed by atoms with E-state index in [0.29, 0.717) is 6.42 Å². The van der Waals surface area contributed by atoms with Gasteiger partial charge in [-0.25, -0.2) is 4.98 Å². The van der Waals surface area contributed by atoms with E-state index in [4.69, 9.17) is 14.6 Å². The summed E-state index contributed by atoms with van der Waals surface area (Å²) < 4.78 is 10.7. The molecule has 1 aromatic heterocycles. The van der Waals surface area contributed by atoms with Crippen LogP contribution in [0.1, 0.15) is 11.4 Å². The zero-order valence-corrected chi connectivity index (χ0v) is 11.4. The van der Waals surface area contributed by atoms with E-state index >= 15 is 0 Å². The summed E-state index contributed by atoms with van der Waals surface area (Å²) in [4.78, 5) is 7.39. The second kappa shape index (κ2) is 5.75.